The quantitative estimate of drug-likeness (QED) is 0.318. The smallest absolute Gasteiger partial charge is 0.420 e. The van der Waals surface area contributed by atoms with Gasteiger partial charge in [0.1, 0.15) is 17.8 Å². The molecule has 0 N–H and O–H groups in total. The van der Waals surface area contributed by atoms with Crippen molar-refractivity contribution in [1.82, 2.24) is 14.5 Å². The highest BCUT2D eigenvalue weighted by atomic mass is 35.5. The van der Waals surface area contributed by atoms with Crippen LogP contribution in [0.4, 0.5) is 5.13 Å². The SMILES string of the molecule is CCOc1cccc2sc(N(CCN(CC)CC)C(=O)Cn3c(=O)oc4ccccc43)nc12.Cl. The number of amides is 1. The lowest BCUT2D eigenvalue weighted by atomic mass is 10.3. The molecule has 0 saturated carbocycles. The van der Waals surface area contributed by atoms with E-state index in [1.807, 2.05) is 31.2 Å². The van der Waals surface area contributed by atoms with Crippen LogP contribution in [-0.4, -0.2) is 53.1 Å². The number of nitrogens with zero attached hydrogens (tertiary/aromatic N) is 4. The Morgan fingerprint density at radius 2 is 1.85 bits per heavy atom. The number of ether oxygens (including phenoxy) is 1. The van der Waals surface area contributed by atoms with Gasteiger partial charge in [-0.05, 0) is 44.3 Å². The zero-order chi connectivity index (χ0) is 23.4. The van der Waals surface area contributed by atoms with Crippen LogP contribution in [0.1, 0.15) is 20.8 Å². The Hall–Kier alpha value is -2.88. The Kier molecular flexibility index (Phi) is 8.71. The first kappa shape index (κ1) is 25.7. The molecule has 0 unspecified atom stereocenters. The summed E-state index contributed by atoms with van der Waals surface area (Å²) in [6.07, 6.45) is 0. The number of rotatable bonds is 10. The summed E-state index contributed by atoms with van der Waals surface area (Å²) in [5, 5.41) is 0.593. The van der Waals surface area contributed by atoms with Crippen molar-refractivity contribution in [2.24, 2.45) is 0 Å². The van der Waals surface area contributed by atoms with Gasteiger partial charge in [-0.3, -0.25) is 14.3 Å². The van der Waals surface area contributed by atoms with Crippen LogP contribution < -0.4 is 15.4 Å². The maximum absolute atomic E-state index is 13.5. The monoisotopic (exact) mass is 504 g/mol. The third-order valence-corrected chi connectivity index (χ3v) is 6.65. The second kappa shape index (κ2) is 11.5. The minimum Gasteiger partial charge on any atom is -0.492 e. The Bertz CT molecular complexity index is 1310. The van der Waals surface area contributed by atoms with Crippen molar-refractivity contribution < 1.29 is 13.9 Å². The summed E-state index contributed by atoms with van der Waals surface area (Å²) >= 11 is 1.45. The van der Waals surface area contributed by atoms with E-state index in [-0.39, 0.29) is 24.9 Å². The molecular formula is C24H29ClN4O4S. The highest BCUT2D eigenvalue weighted by Crippen LogP contribution is 2.34. The minimum absolute atomic E-state index is 0. The molecule has 4 rings (SSSR count). The van der Waals surface area contributed by atoms with Crippen LogP contribution >= 0.6 is 23.7 Å². The molecule has 4 aromatic rings. The number of aromatic nitrogens is 2. The molecular weight excluding hydrogens is 476 g/mol. The minimum atomic E-state index is -0.545. The van der Waals surface area contributed by atoms with E-state index < -0.39 is 5.76 Å². The van der Waals surface area contributed by atoms with Gasteiger partial charge in [-0.15, -0.1) is 12.4 Å². The molecule has 1 amide bonds. The van der Waals surface area contributed by atoms with Crippen molar-refractivity contribution >= 4 is 56.1 Å². The van der Waals surface area contributed by atoms with Crippen molar-refractivity contribution in [2.75, 3.05) is 37.7 Å². The average molecular weight is 505 g/mol. The summed E-state index contributed by atoms with van der Waals surface area (Å²) in [4.78, 5) is 34.7. The summed E-state index contributed by atoms with van der Waals surface area (Å²) in [6, 6.07) is 12.9. The average Bonchev–Trinajstić information content (AvgIpc) is 3.38. The molecule has 182 valence electrons. The van der Waals surface area contributed by atoms with Crippen molar-refractivity contribution in [2.45, 2.75) is 27.3 Å². The molecule has 2 aromatic heterocycles. The number of hydrogen-bond donors (Lipinski definition) is 0. The van der Waals surface area contributed by atoms with Gasteiger partial charge < -0.3 is 14.1 Å². The normalized spacial score (nSPS) is 11.2. The first-order chi connectivity index (χ1) is 16.0. The standard InChI is InChI=1S/C24H28N4O4S.ClH/c1-4-26(5-2)14-15-27(23-25-22-19(31-6-3)12-9-13-20(22)33-23)21(29)16-28-17-10-7-8-11-18(17)32-24(28)30;/h7-13H,4-6,14-16H2,1-3H3;1H. The number of carbonyl (C=O) groups is 1. The predicted molar refractivity (Wildman–Crippen MR) is 139 cm³/mol. The van der Waals surface area contributed by atoms with Gasteiger partial charge in [-0.25, -0.2) is 9.78 Å². The van der Waals surface area contributed by atoms with E-state index in [1.165, 1.54) is 15.9 Å². The molecule has 0 bridgehead atoms. The molecule has 0 atom stereocenters. The Balaban J connectivity index is 0.00000324. The van der Waals surface area contributed by atoms with Crippen LogP contribution in [0, 0.1) is 0 Å². The van der Waals surface area contributed by atoms with Gasteiger partial charge in [0.15, 0.2) is 10.7 Å². The molecule has 0 spiro atoms. The van der Waals surface area contributed by atoms with Crippen LogP contribution in [0.2, 0.25) is 0 Å². The second-order valence-electron chi connectivity index (χ2n) is 7.53. The van der Waals surface area contributed by atoms with E-state index in [0.29, 0.717) is 41.7 Å². The van der Waals surface area contributed by atoms with Gasteiger partial charge in [0, 0.05) is 13.1 Å². The van der Waals surface area contributed by atoms with Crippen molar-refractivity contribution in [3.63, 3.8) is 0 Å². The van der Waals surface area contributed by atoms with E-state index in [0.717, 1.165) is 23.3 Å². The van der Waals surface area contributed by atoms with Crippen LogP contribution in [0.5, 0.6) is 5.75 Å². The Labute approximate surface area is 208 Å². The van der Waals surface area contributed by atoms with E-state index in [2.05, 4.69) is 18.7 Å². The first-order valence-corrected chi connectivity index (χ1v) is 12.0. The number of halogens is 1. The molecule has 0 saturated heterocycles. The van der Waals surface area contributed by atoms with E-state index in [4.69, 9.17) is 14.1 Å². The number of thiazole rings is 1. The highest BCUT2D eigenvalue weighted by Gasteiger charge is 2.23. The molecule has 2 aromatic carbocycles. The fraction of sp³-hybridized carbons (Fsp3) is 0.375. The van der Waals surface area contributed by atoms with Crippen LogP contribution in [0.3, 0.4) is 0 Å². The fourth-order valence-corrected chi connectivity index (χ4v) is 4.82. The number of benzene rings is 2. The van der Waals surface area contributed by atoms with Gasteiger partial charge in [0.25, 0.3) is 0 Å². The third-order valence-electron chi connectivity index (χ3n) is 5.60. The molecule has 2 heterocycles. The number of carbonyl (C=O) groups excluding carboxylic acids is 1. The van der Waals surface area contributed by atoms with Crippen LogP contribution in [0.25, 0.3) is 21.3 Å². The topological polar surface area (TPSA) is 80.8 Å². The van der Waals surface area contributed by atoms with Crippen molar-refractivity contribution in [1.29, 1.82) is 0 Å². The number of anilines is 1. The largest absolute Gasteiger partial charge is 0.492 e. The molecule has 0 aliphatic heterocycles. The first-order valence-electron chi connectivity index (χ1n) is 11.2. The molecule has 0 radical (unpaired) electrons. The lowest BCUT2D eigenvalue weighted by Crippen LogP contribution is -2.41. The number of likely N-dealkylation sites (N-methyl/N-ethyl adjacent to an activating group) is 1. The van der Waals surface area contributed by atoms with Gasteiger partial charge in [0.05, 0.1) is 16.8 Å². The maximum atomic E-state index is 13.5. The van der Waals surface area contributed by atoms with Gasteiger partial charge in [0.2, 0.25) is 5.91 Å². The molecule has 0 fully saturated rings. The molecule has 10 heteroatoms. The molecule has 0 aliphatic rings. The van der Waals surface area contributed by atoms with Crippen molar-refractivity contribution in [3.8, 4) is 5.75 Å². The van der Waals surface area contributed by atoms with Gasteiger partial charge in [-0.2, -0.15) is 0 Å². The molecule has 34 heavy (non-hydrogen) atoms. The summed E-state index contributed by atoms with van der Waals surface area (Å²) in [5.74, 6) is -0.0605. The van der Waals surface area contributed by atoms with Gasteiger partial charge in [-0.1, -0.05) is 43.4 Å². The van der Waals surface area contributed by atoms with E-state index in [9.17, 15) is 9.59 Å². The number of fused-ring (bicyclic) bond motifs is 2. The summed E-state index contributed by atoms with van der Waals surface area (Å²) in [6.45, 7) is 9.48. The van der Waals surface area contributed by atoms with Crippen LogP contribution in [-0.2, 0) is 11.3 Å². The summed E-state index contributed by atoms with van der Waals surface area (Å²) < 4.78 is 13.4. The van der Waals surface area contributed by atoms with Gasteiger partial charge >= 0.3 is 5.76 Å². The van der Waals surface area contributed by atoms with Crippen molar-refractivity contribution in [3.05, 3.63) is 53.0 Å². The number of hydrogen-bond acceptors (Lipinski definition) is 7. The number of oxazole rings is 1. The fourth-order valence-electron chi connectivity index (χ4n) is 3.79. The lowest BCUT2D eigenvalue weighted by Gasteiger charge is -2.24. The zero-order valence-corrected chi connectivity index (χ0v) is 21.2. The summed E-state index contributed by atoms with van der Waals surface area (Å²) in [5.41, 5.74) is 1.81. The maximum Gasteiger partial charge on any atom is 0.420 e. The Morgan fingerprint density at radius 1 is 1.09 bits per heavy atom. The summed E-state index contributed by atoms with van der Waals surface area (Å²) in [7, 11) is 0. The second-order valence-corrected chi connectivity index (χ2v) is 8.54. The lowest BCUT2D eigenvalue weighted by molar-refractivity contribution is -0.119. The molecule has 8 nitrogen and oxygen atoms in total. The van der Waals surface area contributed by atoms with Crippen LogP contribution in [0.15, 0.2) is 51.7 Å². The predicted octanol–water partition coefficient (Wildman–Crippen LogP) is 4.40. The van der Waals surface area contributed by atoms with E-state index >= 15 is 0 Å². The highest BCUT2D eigenvalue weighted by molar-refractivity contribution is 7.22. The third kappa shape index (κ3) is 5.27. The molecule has 0 aliphatic carbocycles. The van der Waals surface area contributed by atoms with E-state index in [1.54, 1.807) is 23.1 Å². The number of para-hydroxylation sites is 3. The Morgan fingerprint density at radius 3 is 2.59 bits per heavy atom. The zero-order valence-electron chi connectivity index (χ0n) is 19.5.